The van der Waals surface area contributed by atoms with E-state index >= 15 is 0 Å². The molecule has 4 heteroatoms. The molecule has 0 heterocycles. The predicted molar refractivity (Wildman–Crippen MR) is 58.8 cm³/mol. The Labute approximate surface area is 90.0 Å². The van der Waals surface area contributed by atoms with E-state index in [1.807, 2.05) is 13.8 Å². The fourth-order valence-electron chi connectivity index (χ4n) is 0.774. The lowest BCUT2D eigenvalue weighted by atomic mass is 10.3. The summed E-state index contributed by atoms with van der Waals surface area (Å²) in [5.41, 5.74) is 5.11. The average molecular weight is 215 g/mol. The largest absolute Gasteiger partial charge is 0.497 e. The number of benzene rings is 1. The topological polar surface area (TPSA) is 44.5 Å². The van der Waals surface area contributed by atoms with Gasteiger partial charge in [0.25, 0.3) is 0 Å². The van der Waals surface area contributed by atoms with E-state index in [4.69, 9.17) is 15.2 Å². The molecular formula is C11H18FNO2. The third-order valence-corrected chi connectivity index (χ3v) is 1.36. The van der Waals surface area contributed by atoms with E-state index in [1.54, 1.807) is 6.07 Å². The van der Waals surface area contributed by atoms with Crippen LogP contribution in [0.4, 0.5) is 4.39 Å². The lowest BCUT2D eigenvalue weighted by Gasteiger charge is -2.02. The van der Waals surface area contributed by atoms with Gasteiger partial charge in [0.15, 0.2) is 11.6 Å². The van der Waals surface area contributed by atoms with Crippen LogP contribution in [0.1, 0.15) is 13.8 Å². The zero-order valence-corrected chi connectivity index (χ0v) is 9.58. The molecule has 0 amide bonds. The summed E-state index contributed by atoms with van der Waals surface area (Å²) in [7, 11) is 2.91. The molecule has 0 aliphatic carbocycles. The molecule has 0 atom stereocenters. The molecule has 0 spiro atoms. The summed E-state index contributed by atoms with van der Waals surface area (Å²) in [4.78, 5) is 0. The molecule has 0 radical (unpaired) electrons. The third kappa shape index (κ3) is 5.91. The van der Waals surface area contributed by atoms with E-state index in [-0.39, 0.29) is 5.75 Å². The molecule has 86 valence electrons. The highest BCUT2D eigenvalue weighted by molar-refractivity contribution is 5.32. The molecule has 1 rings (SSSR count). The molecule has 0 bridgehead atoms. The molecule has 0 aromatic heterocycles. The monoisotopic (exact) mass is 215 g/mol. The van der Waals surface area contributed by atoms with Crippen LogP contribution >= 0.6 is 0 Å². The number of methoxy groups -OCH3 is 2. The summed E-state index contributed by atoms with van der Waals surface area (Å²) in [6.07, 6.45) is 0. The van der Waals surface area contributed by atoms with Crippen molar-refractivity contribution in [2.75, 3.05) is 14.2 Å². The minimum atomic E-state index is -0.410. The normalized spacial score (nSPS) is 9.27. The van der Waals surface area contributed by atoms with E-state index in [9.17, 15) is 4.39 Å². The Morgan fingerprint density at radius 1 is 1.20 bits per heavy atom. The first-order valence-corrected chi connectivity index (χ1v) is 4.64. The number of nitrogens with two attached hydrogens (primary N) is 1. The van der Waals surface area contributed by atoms with E-state index in [1.165, 1.54) is 26.4 Å². The maximum Gasteiger partial charge on any atom is 0.168 e. The molecule has 0 saturated carbocycles. The molecule has 0 unspecified atom stereocenters. The molecule has 0 aliphatic heterocycles. The van der Waals surface area contributed by atoms with Gasteiger partial charge in [-0.2, -0.15) is 0 Å². The first-order valence-electron chi connectivity index (χ1n) is 4.64. The van der Waals surface area contributed by atoms with Crippen molar-refractivity contribution in [2.24, 2.45) is 5.73 Å². The van der Waals surface area contributed by atoms with Crippen LogP contribution in [-0.4, -0.2) is 20.3 Å². The van der Waals surface area contributed by atoms with Gasteiger partial charge in [0.2, 0.25) is 0 Å². The van der Waals surface area contributed by atoms with Gasteiger partial charge < -0.3 is 15.2 Å². The Hall–Kier alpha value is -1.29. The fourth-order valence-corrected chi connectivity index (χ4v) is 0.774. The van der Waals surface area contributed by atoms with Crippen LogP contribution in [0.15, 0.2) is 18.2 Å². The second-order valence-corrected chi connectivity index (χ2v) is 3.24. The Bertz CT molecular complexity index is 287. The quantitative estimate of drug-likeness (QED) is 0.822. The lowest BCUT2D eigenvalue weighted by molar-refractivity contribution is 0.377. The minimum Gasteiger partial charge on any atom is -0.497 e. The molecular weight excluding hydrogens is 197 g/mol. The predicted octanol–water partition coefficient (Wildman–Crippen LogP) is 2.20. The number of rotatable bonds is 2. The van der Waals surface area contributed by atoms with Crippen LogP contribution in [-0.2, 0) is 0 Å². The van der Waals surface area contributed by atoms with Gasteiger partial charge in [-0.25, -0.2) is 4.39 Å². The Balaban J connectivity index is 0.000000423. The smallest absolute Gasteiger partial charge is 0.168 e. The zero-order valence-electron chi connectivity index (χ0n) is 9.58. The number of hydrogen-bond acceptors (Lipinski definition) is 3. The second kappa shape index (κ2) is 7.06. The Morgan fingerprint density at radius 3 is 2.07 bits per heavy atom. The van der Waals surface area contributed by atoms with E-state index in [0.29, 0.717) is 11.8 Å². The molecule has 0 fully saturated rings. The molecule has 1 aromatic rings. The van der Waals surface area contributed by atoms with Crippen molar-refractivity contribution < 1.29 is 13.9 Å². The van der Waals surface area contributed by atoms with Crippen molar-refractivity contribution in [3.05, 3.63) is 24.0 Å². The average Bonchev–Trinajstić information content (AvgIpc) is 2.16. The number of ether oxygens (including phenoxy) is 2. The van der Waals surface area contributed by atoms with Crippen LogP contribution in [0.25, 0.3) is 0 Å². The van der Waals surface area contributed by atoms with Crippen molar-refractivity contribution >= 4 is 0 Å². The van der Waals surface area contributed by atoms with Gasteiger partial charge in [-0.15, -0.1) is 0 Å². The van der Waals surface area contributed by atoms with Crippen molar-refractivity contribution in [3.63, 3.8) is 0 Å². The maximum absolute atomic E-state index is 12.8. The van der Waals surface area contributed by atoms with Gasteiger partial charge in [-0.05, 0) is 18.2 Å². The second-order valence-electron chi connectivity index (χ2n) is 3.24. The Kier molecular flexibility index (Phi) is 6.45. The Morgan fingerprint density at radius 2 is 1.73 bits per heavy atom. The zero-order chi connectivity index (χ0) is 11.8. The number of hydrogen-bond donors (Lipinski definition) is 1. The lowest BCUT2D eigenvalue weighted by Crippen LogP contribution is -2.06. The third-order valence-electron chi connectivity index (χ3n) is 1.36. The van der Waals surface area contributed by atoms with Crippen molar-refractivity contribution in [2.45, 2.75) is 19.9 Å². The first-order chi connectivity index (χ1) is 7.01. The van der Waals surface area contributed by atoms with Gasteiger partial charge in [0.1, 0.15) is 5.75 Å². The van der Waals surface area contributed by atoms with Crippen molar-refractivity contribution in [1.82, 2.24) is 0 Å². The molecule has 0 aliphatic rings. The minimum absolute atomic E-state index is 0.228. The van der Waals surface area contributed by atoms with E-state index in [2.05, 4.69) is 0 Å². The molecule has 2 N–H and O–H groups in total. The van der Waals surface area contributed by atoms with Gasteiger partial charge in [0, 0.05) is 6.07 Å². The SMILES string of the molecule is CC(C)N.COc1ccc(OC)c(F)c1. The summed E-state index contributed by atoms with van der Waals surface area (Å²) in [5, 5.41) is 0. The first kappa shape index (κ1) is 13.7. The van der Waals surface area contributed by atoms with Crippen LogP contribution in [0.3, 0.4) is 0 Å². The van der Waals surface area contributed by atoms with Gasteiger partial charge in [-0.1, -0.05) is 13.8 Å². The highest BCUT2D eigenvalue weighted by Gasteiger charge is 2.01. The summed E-state index contributed by atoms with van der Waals surface area (Å²) >= 11 is 0. The van der Waals surface area contributed by atoms with Gasteiger partial charge in [-0.3, -0.25) is 0 Å². The van der Waals surface area contributed by atoms with Crippen LogP contribution in [0.5, 0.6) is 11.5 Å². The fraction of sp³-hybridized carbons (Fsp3) is 0.455. The van der Waals surface area contributed by atoms with Crippen molar-refractivity contribution in [1.29, 1.82) is 0 Å². The summed E-state index contributed by atoms with van der Waals surface area (Å²) in [6, 6.07) is 4.77. The number of halogens is 1. The maximum atomic E-state index is 12.8. The van der Waals surface area contributed by atoms with Crippen LogP contribution in [0, 0.1) is 5.82 Å². The van der Waals surface area contributed by atoms with Gasteiger partial charge >= 0.3 is 0 Å². The molecule has 0 saturated heterocycles. The van der Waals surface area contributed by atoms with Crippen molar-refractivity contribution in [3.8, 4) is 11.5 Å². The van der Waals surface area contributed by atoms with Crippen LogP contribution < -0.4 is 15.2 Å². The summed E-state index contributed by atoms with van der Waals surface area (Å²) in [5.74, 6) is 0.306. The van der Waals surface area contributed by atoms with Crippen LogP contribution in [0.2, 0.25) is 0 Å². The van der Waals surface area contributed by atoms with Gasteiger partial charge in [0.05, 0.1) is 14.2 Å². The van der Waals surface area contributed by atoms with E-state index in [0.717, 1.165) is 0 Å². The highest BCUT2D eigenvalue weighted by atomic mass is 19.1. The standard InChI is InChI=1S/C8H9FO2.C3H9N/c1-10-6-3-4-8(11-2)7(9)5-6;1-3(2)4/h3-5H,1-2H3;3H,4H2,1-2H3. The van der Waals surface area contributed by atoms with E-state index < -0.39 is 5.82 Å². The summed E-state index contributed by atoms with van der Waals surface area (Å²) in [6.45, 7) is 3.89. The summed E-state index contributed by atoms with van der Waals surface area (Å²) < 4.78 is 22.3. The molecule has 3 nitrogen and oxygen atoms in total. The molecule has 1 aromatic carbocycles. The molecule has 15 heavy (non-hydrogen) atoms. The highest BCUT2D eigenvalue weighted by Crippen LogP contribution is 2.21.